The molecule has 96 valence electrons. The molecule has 2 heteroatoms. The average molecular weight is 234 g/mol. The maximum atomic E-state index is 4.18. The highest BCUT2D eigenvalue weighted by atomic mass is 15.2. The summed E-state index contributed by atoms with van der Waals surface area (Å²) in [6.45, 7) is 16.6. The molecule has 0 rings (SSSR count). The average Bonchev–Trinajstić information content (AvgIpc) is 2.33. The molecule has 0 aromatic carbocycles. The molecule has 0 aliphatic heterocycles. The van der Waals surface area contributed by atoms with Crippen LogP contribution in [0.5, 0.6) is 0 Å². The van der Waals surface area contributed by atoms with Crippen molar-refractivity contribution < 1.29 is 0 Å². The second-order valence-electron chi connectivity index (χ2n) is 4.31. The van der Waals surface area contributed by atoms with Crippen molar-refractivity contribution in [3.63, 3.8) is 0 Å². The van der Waals surface area contributed by atoms with Crippen LogP contribution in [0.4, 0.5) is 0 Å². The Balaban J connectivity index is 4.28. The quantitative estimate of drug-likeness (QED) is 0.328. The van der Waals surface area contributed by atoms with Gasteiger partial charge >= 0.3 is 0 Å². The minimum atomic E-state index is 0.634. The third-order valence-electron chi connectivity index (χ3n) is 2.73. The van der Waals surface area contributed by atoms with Gasteiger partial charge in [0.25, 0.3) is 0 Å². The number of unbranched alkanes of at least 4 members (excludes halogenated alkanes) is 2. The minimum absolute atomic E-state index is 0.634. The fourth-order valence-electron chi connectivity index (χ4n) is 1.77. The number of rotatable bonds is 9. The zero-order chi connectivity index (χ0) is 13.1. The molecule has 0 heterocycles. The zero-order valence-electron chi connectivity index (χ0n) is 11.4. The van der Waals surface area contributed by atoms with E-state index in [9.17, 15) is 0 Å². The highest BCUT2D eigenvalue weighted by Crippen LogP contribution is 2.12. The Morgan fingerprint density at radius 3 is 2.47 bits per heavy atom. The van der Waals surface area contributed by atoms with Crippen LogP contribution in [-0.4, -0.2) is 17.3 Å². The summed E-state index contributed by atoms with van der Waals surface area (Å²) in [4.78, 5) is 6.21. The summed E-state index contributed by atoms with van der Waals surface area (Å²) in [5, 5.41) is 0. The molecule has 0 radical (unpaired) electrons. The van der Waals surface area contributed by atoms with Gasteiger partial charge in [-0.3, -0.25) is 0 Å². The molecule has 0 N–H and O–H groups in total. The smallest absolute Gasteiger partial charge is 0.131 e. The Bertz CT molecular complexity index is 266. The number of aliphatic imine (C=N–C) groups is 1. The fourth-order valence-corrected chi connectivity index (χ4v) is 1.77. The van der Waals surface area contributed by atoms with Crippen LogP contribution in [-0.2, 0) is 0 Å². The number of hydrogen-bond donors (Lipinski definition) is 0. The first-order valence-electron chi connectivity index (χ1n) is 6.39. The van der Waals surface area contributed by atoms with E-state index in [1.807, 2.05) is 4.90 Å². The summed E-state index contributed by atoms with van der Waals surface area (Å²) in [7, 11) is 0. The van der Waals surface area contributed by atoms with Crippen molar-refractivity contribution in [1.82, 2.24) is 4.90 Å². The van der Waals surface area contributed by atoms with Gasteiger partial charge < -0.3 is 4.90 Å². The predicted octanol–water partition coefficient (Wildman–Crippen LogP) is 4.38. The molecule has 2 nitrogen and oxygen atoms in total. The van der Waals surface area contributed by atoms with Crippen molar-refractivity contribution in [2.75, 3.05) is 6.54 Å². The van der Waals surface area contributed by atoms with Gasteiger partial charge in [-0.15, -0.1) is 0 Å². The standard InChI is InChI=1S/C15H26N2/c1-6-10-11-12-14(5)13-17(9-4)15(7-2)16-8-3/h7-9,14H,2-4,6,10-13H2,1,5H3/b16-15-. The maximum absolute atomic E-state index is 4.18. The summed E-state index contributed by atoms with van der Waals surface area (Å²) in [6, 6.07) is 0. The van der Waals surface area contributed by atoms with Crippen LogP contribution in [0, 0.1) is 5.92 Å². The Kier molecular flexibility index (Phi) is 9.12. The SMILES string of the molecule is C=C/N=C(/C=C)N(C=C)CC(C)CCCCC. The lowest BCUT2D eigenvalue weighted by molar-refractivity contribution is 0.400. The Morgan fingerprint density at radius 2 is 2.00 bits per heavy atom. The summed E-state index contributed by atoms with van der Waals surface area (Å²) < 4.78 is 0. The molecule has 0 fully saturated rings. The largest absolute Gasteiger partial charge is 0.333 e. The van der Waals surface area contributed by atoms with Gasteiger partial charge in [-0.25, -0.2) is 4.99 Å². The van der Waals surface area contributed by atoms with Gasteiger partial charge in [0.2, 0.25) is 0 Å². The lowest BCUT2D eigenvalue weighted by Gasteiger charge is -2.23. The highest BCUT2D eigenvalue weighted by Gasteiger charge is 2.09. The van der Waals surface area contributed by atoms with E-state index in [0.717, 1.165) is 12.4 Å². The third kappa shape index (κ3) is 6.77. The highest BCUT2D eigenvalue weighted by molar-refractivity contribution is 5.93. The first-order valence-corrected chi connectivity index (χ1v) is 6.39. The van der Waals surface area contributed by atoms with E-state index in [4.69, 9.17) is 0 Å². The lowest BCUT2D eigenvalue weighted by Crippen LogP contribution is -2.28. The molecule has 0 aromatic rings. The summed E-state index contributed by atoms with van der Waals surface area (Å²) in [5.41, 5.74) is 0. The van der Waals surface area contributed by atoms with Crippen LogP contribution in [0.1, 0.15) is 39.5 Å². The molecule has 0 saturated carbocycles. The van der Waals surface area contributed by atoms with Gasteiger partial charge in [0, 0.05) is 12.7 Å². The summed E-state index contributed by atoms with van der Waals surface area (Å²) in [5.74, 6) is 1.45. The molecule has 1 unspecified atom stereocenters. The number of hydrogen-bond acceptors (Lipinski definition) is 1. The van der Waals surface area contributed by atoms with Gasteiger partial charge in [-0.05, 0) is 24.6 Å². The molecule has 0 spiro atoms. The molecule has 0 amide bonds. The second kappa shape index (κ2) is 9.88. The van der Waals surface area contributed by atoms with Crippen molar-refractivity contribution in [2.45, 2.75) is 39.5 Å². The van der Waals surface area contributed by atoms with Crippen LogP contribution in [0.15, 0.2) is 43.2 Å². The third-order valence-corrected chi connectivity index (χ3v) is 2.73. The van der Waals surface area contributed by atoms with Crippen LogP contribution in [0.2, 0.25) is 0 Å². The monoisotopic (exact) mass is 234 g/mol. The fraction of sp³-hybridized carbons (Fsp3) is 0.533. The van der Waals surface area contributed by atoms with E-state index in [1.54, 1.807) is 12.3 Å². The van der Waals surface area contributed by atoms with Crippen LogP contribution < -0.4 is 0 Å². The Hall–Kier alpha value is -1.31. The summed E-state index contributed by atoms with van der Waals surface area (Å²) in [6.07, 6.45) is 10.2. The number of amidine groups is 1. The van der Waals surface area contributed by atoms with Gasteiger partial charge in [0.05, 0.1) is 0 Å². The van der Waals surface area contributed by atoms with E-state index in [1.165, 1.54) is 31.9 Å². The topological polar surface area (TPSA) is 15.6 Å². The first-order chi connectivity index (χ1) is 8.19. The van der Waals surface area contributed by atoms with E-state index in [-0.39, 0.29) is 0 Å². The molecular formula is C15H26N2. The molecule has 0 aromatic heterocycles. The van der Waals surface area contributed by atoms with Gasteiger partial charge in [0.1, 0.15) is 5.84 Å². The van der Waals surface area contributed by atoms with Crippen LogP contribution in [0.3, 0.4) is 0 Å². The maximum Gasteiger partial charge on any atom is 0.131 e. The molecule has 0 bridgehead atoms. The van der Waals surface area contributed by atoms with E-state index >= 15 is 0 Å². The minimum Gasteiger partial charge on any atom is -0.333 e. The summed E-state index contributed by atoms with van der Waals surface area (Å²) >= 11 is 0. The Labute approximate surface area is 106 Å². The van der Waals surface area contributed by atoms with Gasteiger partial charge in [-0.2, -0.15) is 0 Å². The molecule has 0 aliphatic carbocycles. The van der Waals surface area contributed by atoms with E-state index in [0.29, 0.717) is 5.92 Å². The second-order valence-corrected chi connectivity index (χ2v) is 4.31. The predicted molar refractivity (Wildman–Crippen MR) is 78.0 cm³/mol. The molecule has 0 aliphatic rings. The van der Waals surface area contributed by atoms with Gasteiger partial charge in [0.15, 0.2) is 0 Å². The van der Waals surface area contributed by atoms with Crippen LogP contribution in [0.25, 0.3) is 0 Å². The molecule has 17 heavy (non-hydrogen) atoms. The van der Waals surface area contributed by atoms with Gasteiger partial charge in [-0.1, -0.05) is 52.8 Å². The zero-order valence-corrected chi connectivity index (χ0v) is 11.4. The molecule has 1 atom stereocenters. The van der Waals surface area contributed by atoms with E-state index in [2.05, 4.69) is 38.6 Å². The number of nitrogens with zero attached hydrogens (tertiary/aromatic N) is 2. The molecule has 0 saturated heterocycles. The van der Waals surface area contributed by atoms with Crippen molar-refractivity contribution in [2.24, 2.45) is 10.9 Å². The van der Waals surface area contributed by atoms with Crippen LogP contribution >= 0.6 is 0 Å². The van der Waals surface area contributed by atoms with Crippen molar-refractivity contribution >= 4 is 5.84 Å². The van der Waals surface area contributed by atoms with Crippen molar-refractivity contribution in [3.8, 4) is 0 Å². The van der Waals surface area contributed by atoms with E-state index < -0.39 is 0 Å². The lowest BCUT2D eigenvalue weighted by atomic mass is 10.0. The van der Waals surface area contributed by atoms with Crippen molar-refractivity contribution in [3.05, 3.63) is 38.2 Å². The molecular weight excluding hydrogens is 208 g/mol. The first kappa shape index (κ1) is 15.7. The Morgan fingerprint density at radius 1 is 1.29 bits per heavy atom. The van der Waals surface area contributed by atoms with Crippen molar-refractivity contribution in [1.29, 1.82) is 0 Å². The normalized spacial score (nSPS) is 12.9.